The van der Waals surface area contributed by atoms with Crippen LogP contribution in [-0.4, -0.2) is 7.05 Å². The van der Waals surface area contributed by atoms with E-state index in [-0.39, 0.29) is 0 Å². The highest BCUT2D eigenvalue weighted by atomic mass is 32.1. The fraction of sp³-hybridized carbons (Fsp3) is 0.0769. The summed E-state index contributed by atoms with van der Waals surface area (Å²) in [6.07, 6.45) is 1.01. The molecular formula is C26H19NS. The Hall–Kier alpha value is -3.10. The van der Waals surface area contributed by atoms with E-state index >= 15 is 0 Å². The first kappa shape index (κ1) is 15.9. The van der Waals surface area contributed by atoms with Gasteiger partial charge < -0.3 is 4.90 Å². The normalized spacial score (nSPS) is 12.3. The minimum absolute atomic E-state index is 1.01. The van der Waals surface area contributed by atoms with Gasteiger partial charge in [0.1, 0.15) is 0 Å². The monoisotopic (exact) mass is 377 g/mol. The quantitative estimate of drug-likeness (QED) is 0.304. The Morgan fingerprint density at radius 3 is 2.36 bits per heavy atom. The molecule has 6 rings (SSSR count). The highest BCUT2D eigenvalue weighted by Crippen LogP contribution is 2.45. The molecule has 0 radical (unpaired) electrons. The molecular weight excluding hydrogens is 358 g/mol. The Kier molecular flexibility index (Phi) is 3.38. The molecule has 0 amide bonds. The fourth-order valence-electron chi connectivity index (χ4n) is 4.58. The molecule has 1 aliphatic rings. The first-order valence-corrected chi connectivity index (χ1v) is 10.5. The van der Waals surface area contributed by atoms with E-state index in [4.69, 9.17) is 0 Å². The van der Waals surface area contributed by atoms with Gasteiger partial charge in [-0.05, 0) is 40.5 Å². The van der Waals surface area contributed by atoms with Crippen molar-refractivity contribution in [2.24, 2.45) is 0 Å². The number of rotatable bonds is 2. The Morgan fingerprint density at radius 1 is 0.679 bits per heavy atom. The second kappa shape index (κ2) is 5.95. The predicted octanol–water partition coefficient (Wildman–Crippen LogP) is 7.39. The number of nitrogens with zero attached hydrogens (tertiary/aromatic N) is 1. The molecule has 5 aromatic rings. The average molecular weight is 378 g/mol. The molecule has 0 bridgehead atoms. The van der Waals surface area contributed by atoms with Gasteiger partial charge in [-0.25, -0.2) is 0 Å². The summed E-state index contributed by atoms with van der Waals surface area (Å²) in [6, 6.07) is 30.9. The summed E-state index contributed by atoms with van der Waals surface area (Å²) in [5.41, 5.74) is 8.21. The molecule has 28 heavy (non-hydrogen) atoms. The van der Waals surface area contributed by atoms with Crippen LogP contribution in [0.1, 0.15) is 11.1 Å². The summed E-state index contributed by atoms with van der Waals surface area (Å²) in [7, 11) is 2.21. The number of hydrogen-bond donors (Lipinski definition) is 0. The maximum absolute atomic E-state index is 2.38. The smallest absolute Gasteiger partial charge is 0.0592 e. The number of anilines is 2. The molecule has 0 saturated heterocycles. The molecule has 0 fully saturated rings. The average Bonchev–Trinajstić information content (AvgIpc) is 3.31. The van der Waals surface area contributed by atoms with Crippen LogP contribution in [0.15, 0.2) is 84.9 Å². The molecule has 4 aromatic carbocycles. The minimum atomic E-state index is 1.01. The van der Waals surface area contributed by atoms with E-state index in [1.165, 1.54) is 53.8 Å². The molecule has 1 aromatic heterocycles. The third kappa shape index (κ3) is 2.18. The molecule has 0 atom stereocenters. The Labute approximate surface area is 168 Å². The Balaban J connectivity index is 1.55. The van der Waals surface area contributed by atoms with E-state index in [0.29, 0.717) is 0 Å². The standard InChI is InChI=1S/C26H19NS/c1-27(23-13-6-11-19-18-9-3-2-8-17(18)16-22(19)23)24-14-7-12-21-20-10-4-5-15-25(20)28-26(21)24/h2-15H,16H2,1H3. The van der Waals surface area contributed by atoms with Gasteiger partial charge in [0, 0.05) is 34.6 Å². The molecule has 134 valence electrons. The summed E-state index contributed by atoms with van der Waals surface area (Å²) in [6.45, 7) is 0. The predicted molar refractivity (Wildman–Crippen MR) is 122 cm³/mol. The van der Waals surface area contributed by atoms with E-state index in [1.807, 2.05) is 11.3 Å². The summed E-state index contributed by atoms with van der Waals surface area (Å²) < 4.78 is 2.71. The lowest BCUT2D eigenvalue weighted by molar-refractivity contribution is 1.16. The molecule has 1 nitrogen and oxygen atoms in total. The number of fused-ring (bicyclic) bond motifs is 6. The largest absolute Gasteiger partial charge is 0.343 e. The maximum Gasteiger partial charge on any atom is 0.0592 e. The molecule has 0 N–H and O–H groups in total. The van der Waals surface area contributed by atoms with Crippen LogP contribution in [0.2, 0.25) is 0 Å². The lowest BCUT2D eigenvalue weighted by Gasteiger charge is -2.23. The summed E-state index contributed by atoms with van der Waals surface area (Å²) in [4.78, 5) is 2.38. The van der Waals surface area contributed by atoms with Gasteiger partial charge in [-0.3, -0.25) is 0 Å². The van der Waals surface area contributed by atoms with Crippen LogP contribution in [0, 0.1) is 0 Å². The minimum Gasteiger partial charge on any atom is -0.343 e. The van der Waals surface area contributed by atoms with Gasteiger partial charge in [0.25, 0.3) is 0 Å². The van der Waals surface area contributed by atoms with Gasteiger partial charge in [-0.15, -0.1) is 11.3 Å². The van der Waals surface area contributed by atoms with Crippen LogP contribution in [-0.2, 0) is 6.42 Å². The summed E-state index contributed by atoms with van der Waals surface area (Å²) >= 11 is 1.89. The highest BCUT2D eigenvalue weighted by molar-refractivity contribution is 7.26. The van der Waals surface area contributed by atoms with Gasteiger partial charge >= 0.3 is 0 Å². The molecule has 0 spiro atoms. The van der Waals surface area contributed by atoms with Crippen LogP contribution < -0.4 is 4.90 Å². The first-order chi connectivity index (χ1) is 13.8. The van der Waals surface area contributed by atoms with Crippen LogP contribution in [0.3, 0.4) is 0 Å². The van der Waals surface area contributed by atoms with Crippen molar-refractivity contribution in [1.82, 2.24) is 0 Å². The van der Waals surface area contributed by atoms with Crippen molar-refractivity contribution >= 4 is 42.9 Å². The van der Waals surface area contributed by atoms with E-state index < -0.39 is 0 Å². The fourth-order valence-corrected chi connectivity index (χ4v) is 5.83. The summed E-state index contributed by atoms with van der Waals surface area (Å²) in [5, 5.41) is 2.70. The van der Waals surface area contributed by atoms with Gasteiger partial charge in [-0.2, -0.15) is 0 Å². The van der Waals surface area contributed by atoms with Gasteiger partial charge in [0.15, 0.2) is 0 Å². The van der Waals surface area contributed by atoms with E-state index in [9.17, 15) is 0 Å². The third-order valence-corrected chi connectivity index (χ3v) is 7.14. The van der Waals surface area contributed by atoms with Crippen molar-refractivity contribution in [1.29, 1.82) is 0 Å². The van der Waals surface area contributed by atoms with Crippen LogP contribution in [0.25, 0.3) is 31.3 Å². The number of hydrogen-bond acceptors (Lipinski definition) is 2. The number of benzene rings is 4. The lowest BCUT2D eigenvalue weighted by Crippen LogP contribution is -2.11. The third-order valence-electron chi connectivity index (χ3n) is 5.93. The SMILES string of the molecule is CN(c1cccc2c1Cc1ccccc1-2)c1cccc2c1sc1ccccc12. The van der Waals surface area contributed by atoms with Crippen molar-refractivity contribution in [2.45, 2.75) is 6.42 Å². The zero-order valence-electron chi connectivity index (χ0n) is 15.6. The van der Waals surface area contributed by atoms with Gasteiger partial charge in [0.2, 0.25) is 0 Å². The van der Waals surface area contributed by atoms with Crippen molar-refractivity contribution in [2.75, 3.05) is 11.9 Å². The van der Waals surface area contributed by atoms with Crippen molar-refractivity contribution in [3.63, 3.8) is 0 Å². The van der Waals surface area contributed by atoms with Crippen LogP contribution >= 0.6 is 11.3 Å². The zero-order valence-corrected chi connectivity index (χ0v) is 16.5. The maximum atomic E-state index is 2.38. The highest BCUT2D eigenvalue weighted by Gasteiger charge is 2.23. The van der Waals surface area contributed by atoms with Gasteiger partial charge in [0.05, 0.1) is 10.4 Å². The molecule has 2 heteroatoms. The van der Waals surface area contributed by atoms with Crippen molar-refractivity contribution < 1.29 is 0 Å². The second-order valence-electron chi connectivity index (χ2n) is 7.45. The van der Waals surface area contributed by atoms with E-state index in [1.54, 1.807) is 0 Å². The Morgan fingerprint density at radius 2 is 1.39 bits per heavy atom. The molecule has 0 saturated carbocycles. The Bertz CT molecular complexity index is 1360. The zero-order chi connectivity index (χ0) is 18.7. The first-order valence-electron chi connectivity index (χ1n) is 9.65. The van der Waals surface area contributed by atoms with Crippen molar-refractivity contribution in [3.8, 4) is 11.1 Å². The second-order valence-corrected chi connectivity index (χ2v) is 8.50. The molecule has 0 unspecified atom stereocenters. The van der Waals surface area contributed by atoms with E-state index in [0.717, 1.165) is 6.42 Å². The molecule has 1 aliphatic carbocycles. The lowest BCUT2D eigenvalue weighted by atomic mass is 10.0. The van der Waals surface area contributed by atoms with Crippen LogP contribution in [0.4, 0.5) is 11.4 Å². The topological polar surface area (TPSA) is 3.24 Å². The van der Waals surface area contributed by atoms with Gasteiger partial charge in [-0.1, -0.05) is 66.7 Å². The van der Waals surface area contributed by atoms with E-state index in [2.05, 4.69) is 96.9 Å². The van der Waals surface area contributed by atoms with Crippen LogP contribution in [0.5, 0.6) is 0 Å². The molecule has 0 aliphatic heterocycles. The molecule has 1 heterocycles. The number of thiophene rings is 1. The summed E-state index contributed by atoms with van der Waals surface area (Å²) in [5.74, 6) is 0. The van der Waals surface area contributed by atoms with Crippen molar-refractivity contribution in [3.05, 3.63) is 96.1 Å².